The molecule has 2 aliphatic rings. The number of ether oxygens (including phenoxy) is 1. The Hall–Kier alpha value is -0.650. The Bertz CT molecular complexity index is 221. The zero-order chi connectivity index (χ0) is 10.7. The minimum Gasteiger partial charge on any atom is -0.380 e. The largest absolute Gasteiger partial charge is 0.380 e. The minimum absolute atomic E-state index is 0.0670. The van der Waals surface area contributed by atoms with Crippen LogP contribution in [0.1, 0.15) is 6.42 Å². The molecule has 0 aromatic heterocycles. The van der Waals surface area contributed by atoms with E-state index in [2.05, 4.69) is 4.90 Å². The fourth-order valence-electron chi connectivity index (χ4n) is 2.28. The summed E-state index contributed by atoms with van der Waals surface area (Å²) >= 11 is 0. The zero-order valence-electron chi connectivity index (χ0n) is 9.02. The minimum atomic E-state index is 0.0670. The summed E-state index contributed by atoms with van der Waals surface area (Å²) < 4.78 is 5.36. The maximum atomic E-state index is 11.4. The van der Waals surface area contributed by atoms with Crippen molar-refractivity contribution in [3.63, 3.8) is 0 Å². The van der Waals surface area contributed by atoms with Crippen LogP contribution in [0.3, 0.4) is 0 Å². The van der Waals surface area contributed by atoms with Crippen molar-refractivity contribution in [2.45, 2.75) is 12.5 Å². The number of hydrogen-bond acceptors (Lipinski definition) is 4. The molecule has 5 nitrogen and oxygen atoms in total. The van der Waals surface area contributed by atoms with Crippen molar-refractivity contribution in [3.8, 4) is 0 Å². The summed E-state index contributed by atoms with van der Waals surface area (Å²) in [6.45, 7) is 5.41. The van der Waals surface area contributed by atoms with E-state index in [4.69, 9.17) is 10.5 Å². The highest BCUT2D eigenvalue weighted by Crippen LogP contribution is 2.14. The second-order valence-electron chi connectivity index (χ2n) is 4.14. The molecule has 1 unspecified atom stereocenters. The molecule has 0 aromatic rings. The van der Waals surface area contributed by atoms with Gasteiger partial charge in [0.05, 0.1) is 13.2 Å². The molecule has 1 atom stereocenters. The van der Waals surface area contributed by atoms with Crippen molar-refractivity contribution in [1.82, 2.24) is 9.80 Å². The van der Waals surface area contributed by atoms with Crippen molar-refractivity contribution in [2.24, 2.45) is 5.73 Å². The van der Waals surface area contributed by atoms with Gasteiger partial charge in [0.2, 0.25) is 5.91 Å². The molecule has 0 bridgehead atoms. The Kier molecular flexibility index (Phi) is 3.56. The van der Waals surface area contributed by atoms with E-state index in [0.717, 1.165) is 45.8 Å². The van der Waals surface area contributed by atoms with Gasteiger partial charge in [0.25, 0.3) is 0 Å². The van der Waals surface area contributed by atoms with Gasteiger partial charge in [0.15, 0.2) is 0 Å². The lowest BCUT2D eigenvalue weighted by molar-refractivity contribution is -0.131. The Morgan fingerprint density at radius 2 is 2.07 bits per heavy atom. The molecule has 2 N–H and O–H groups in total. The third-order valence-corrected chi connectivity index (χ3v) is 3.26. The van der Waals surface area contributed by atoms with E-state index in [-0.39, 0.29) is 12.5 Å². The predicted molar refractivity (Wildman–Crippen MR) is 56.4 cm³/mol. The number of piperazine rings is 1. The van der Waals surface area contributed by atoms with E-state index in [1.165, 1.54) is 0 Å². The third-order valence-electron chi connectivity index (χ3n) is 3.26. The number of rotatable bonds is 2. The third kappa shape index (κ3) is 2.48. The van der Waals surface area contributed by atoms with Gasteiger partial charge in [0.1, 0.15) is 0 Å². The van der Waals surface area contributed by atoms with Crippen LogP contribution in [-0.4, -0.2) is 67.7 Å². The number of amides is 1. The number of carbonyl (C=O) groups excluding carboxylic acids is 1. The lowest BCUT2D eigenvalue weighted by Gasteiger charge is -2.37. The van der Waals surface area contributed by atoms with Crippen molar-refractivity contribution < 1.29 is 9.53 Å². The SMILES string of the molecule is NCC(=O)N1CCN(C2CCOC2)CC1. The summed E-state index contributed by atoms with van der Waals surface area (Å²) in [5.41, 5.74) is 5.33. The van der Waals surface area contributed by atoms with E-state index >= 15 is 0 Å². The summed E-state index contributed by atoms with van der Waals surface area (Å²) in [6, 6.07) is 0.570. The van der Waals surface area contributed by atoms with Crippen molar-refractivity contribution in [1.29, 1.82) is 0 Å². The fraction of sp³-hybridized carbons (Fsp3) is 0.900. The number of nitrogens with zero attached hydrogens (tertiary/aromatic N) is 2. The van der Waals surface area contributed by atoms with Gasteiger partial charge in [-0.1, -0.05) is 0 Å². The molecule has 2 aliphatic heterocycles. The normalized spacial score (nSPS) is 28.3. The molecule has 0 aliphatic carbocycles. The average molecular weight is 213 g/mol. The second kappa shape index (κ2) is 4.92. The molecule has 0 saturated carbocycles. The standard InChI is InChI=1S/C10H19N3O2/c11-7-10(14)13-4-2-12(3-5-13)9-1-6-15-8-9/h9H,1-8,11H2. The number of nitrogens with two attached hydrogens (primary N) is 1. The lowest BCUT2D eigenvalue weighted by atomic mass is 10.2. The molecular formula is C10H19N3O2. The van der Waals surface area contributed by atoms with Gasteiger partial charge in [-0.2, -0.15) is 0 Å². The fourth-order valence-corrected chi connectivity index (χ4v) is 2.28. The van der Waals surface area contributed by atoms with E-state index in [0.29, 0.717) is 6.04 Å². The van der Waals surface area contributed by atoms with Gasteiger partial charge in [-0.05, 0) is 6.42 Å². The molecule has 0 aromatic carbocycles. The second-order valence-corrected chi connectivity index (χ2v) is 4.14. The van der Waals surface area contributed by atoms with Crippen LogP contribution in [0.5, 0.6) is 0 Å². The highest BCUT2D eigenvalue weighted by molar-refractivity contribution is 5.78. The van der Waals surface area contributed by atoms with E-state index in [1.807, 2.05) is 4.90 Å². The smallest absolute Gasteiger partial charge is 0.236 e. The Balaban J connectivity index is 1.78. The van der Waals surface area contributed by atoms with Crippen LogP contribution in [0.25, 0.3) is 0 Å². The summed E-state index contributed by atoms with van der Waals surface area (Å²) in [7, 11) is 0. The lowest BCUT2D eigenvalue weighted by Crippen LogP contribution is -2.53. The topological polar surface area (TPSA) is 58.8 Å². The number of hydrogen-bond donors (Lipinski definition) is 1. The van der Waals surface area contributed by atoms with E-state index < -0.39 is 0 Å². The van der Waals surface area contributed by atoms with Gasteiger partial charge in [-0.25, -0.2) is 0 Å². The first-order valence-electron chi connectivity index (χ1n) is 5.61. The van der Waals surface area contributed by atoms with Gasteiger partial charge < -0.3 is 15.4 Å². The van der Waals surface area contributed by atoms with Crippen LogP contribution in [0, 0.1) is 0 Å². The molecule has 2 fully saturated rings. The van der Waals surface area contributed by atoms with Crippen LogP contribution < -0.4 is 5.73 Å². The molecule has 0 radical (unpaired) electrons. The Labute approximate surface area is 90.1 Å². The van der Waals surface area contributed by atoms with Crippen molar-refractivity contribution in [2.75, 3.05) is 45.9 Å². The maximum Gasteiger partial charge on any atom is 0.236 e. The van der Waals surface area contributed by atoms with E-state index in [1.54, 1.807) is 0 Å². The van der Waals surface area contributed by atoms with Gasteiger partial charge >= 0.3 is 0 Å². The van der Waals surface area contributed by atoms with Crippen molar-refractivity contribution in [3.05, 3.63) is 0 Å². The van der Waals surface area contributed by atoms with Gasteiger partial charge in [0, 0.05) is 38.8 Å². The van der Waals surface area contributed by atoms with Crippen molar-refractivity contribution >= 4 is 5.91 Å². The van der Waals surface area contributed by atoms with Crippen LogP contribution >= 0.6 is 0 Å². The monoisotopic (exact) mass is 213 g/mol. The number of carbonyl (C=O) groups is 1. The van der Waals surface area contributed by atoms with E-state index in [9.17, 15) is 4.79 Å². The first-order chi connectivity index (χ1) is 7.31. The van der Waals surface area contributed by atoms with Crippen LogP contribution in [-0.2, 0) is 9.53 Å². The first kappa shape index (κ1) is 10.9. The summed E-state index contributed by atoms with van der Waals surface area (Å²) in [4.78, 5) is 15.6. The highest BCUT2D eigenvalue weighted by atomic mass is 16.5. The molecular weight excluding hydrogens is 194 g/mol. The predicted octanol–water partition coefficient (Wildman–Crippen LogP) is -1.12. The zero-order valence-corrected chi connectivity index (χ0v) is 9.02. The Morgan fingerprint density at radius 1 is 1.33 bits per heavy atom. The molecule has 1 amide bonds. The molecule has 86 valence electrons. The summed E-state index contributed by atoms with van der Waals surface area (Å²) in [5.74, 6) is 0.0670. The Morgan fingerprint density at radius 3 is 2.60 bits per heavy atom. The molecule has 2 heterocycles. The molecule has 0 spiro atoms. The maximum absolute atomic E-state index is 11.4. The van der Waals surface area contributed by atoms with Crippen LogP contribution in [0.15, 0.2) is 0 Å². The average Bonchev–Trinajstić information content (AvgIpc) is 2.82. The molecule has 15 heavy (non-hydrogen) atoms. The molecule has 2 saturated heterocycles. The molecule has 2 rings (SSSR count). The molecule has 5 heteroatoms. The summed E-state index contributed by atoms with van der Waals surface area (Å²) in [5, 5.41) is 0. The summed E-state index contributed by atoms with van der Waals surface area (Å²) in [6.07, 6.45) is 1.13. The van der Waals surface area contributed by atoms with Gasteiger partial charge in [-0.15, -0.1) is 0 Å². The van der Waals surface area contributed by atoms with Gasteiger partial charge in [-0.3, -0.25) is 9.69 Å². The van der Waals surface area contributed by atoms with Crippen LogP contribution in [0.2, 0.25) is 0 Å². The highest BCUT2D eigenvalue weighted by Gasteiger charge is 2.27. The first-order valence-corrected chi connectivity index (χ1v) is 5.61. The van der Waals surface area contributed by atoms with Crippen LogP contribution in [0.4, 0.5) is 0 Å². The quantitative estimate of drug-likeness (QED) is 0.631.